The van der Waals surface area contributed by atoms with Gasteiger partial charge < -0.3 is 15.8 Å². The molecule has 0 aromatic carbocycles. The maximum atomic E-state index is 11.9. The van der Waals surface area contributed by atoms with Crippen molar-refractivity contribution in [3.05, 3.63) is 0 Å². The molecule has 1 fully saturated rings. The number of ether oxygens (including phenoxy) is 1. The van der Waals surface area contributed by atoms with Gasteiger partial charge in [-0.25, -0.2) is 4.79 Å². The van der Waals surface area contributed by atoms with Crippen molar-refractivity contribution in [2.45, 2.75) is 65.1 Å². The highest BCUT2D eigenvalue weighted by atomic mass is 16.5. The molecule has 1 saturated carbocycles. The van der Waals surface area contributed by atoms with E-state index in [1.807, 2.05) is 0 Å². The van der Waals surface area contributed by atoms with Crippen LogP contribution in [0.3, 0.4) is 0 Å². The number of carbonyl (C=O) groups is 2. The Balaban J connectivity index is 2.57. The molecule has 3 amide bonds. The van der Waals surface area contributed by atoms with Crippen molar-refractivity contribution >= 4 is 11.9 Å². The number of rotatable bonds is 5. The van der Waals surface area contributed by atoms with E-state index >= 15 is 0 Å². The van der Waals surface area contributed by atoms with Crippen LogP contribution in [0.1, 0.15) is 53.4 Å². The number of amides is 3. The van der Waals surface area contributed by atoms with Gasteiger partial charge in [0.15, 0.2) is 0 Å². The third-order valence-corrected chi connectivity index (χ3v) is 4.26. The zero-order valence-corrected chi connectivity index (χ0v) is 13.6. The average molecular weight is 299 g/mol. The quantitative estimate of drug-likeness (QED) is 0.717. The first-order valence-corrected chi connectivity index (χ1v) is 7.70. The maximum absolute atomic E-state index is 11.9. The van der Waals surface area contributed by atoms with Crippen LogP contribution in [0.4, 0.5) is 4.79 Å². The molecule has 122 valence electrons. The summed E-state index contributed by atoms with van der Waals surface area (Å²) in [6.07, 6.45) is 3.03. The average Bonchev–Trinajstić information content (AvgIpc) is 2.41. The van der Waals surface area contributed by atoms with E-state index < -0.39 is 23.6 Å². The molecular weight excluding hydrogens is 270 g/mol. The molecule has 0 aromatic heterocycles. The summed E-state index contributed by atoms with van der Waals surface area (Å²) in [6, 6.07) is -0.496. The fourth-order valence-corrected chi connectivity index (χ4v) is 2.60. The van der Waals surface area contributed by atoms with Gasteiger partial charge in [0.1, 0.15) is 6.10 Å². The van der Waals surface area contributed by atoms with Gasteiger partial charge in [-0.15, -0.1) is 0 Å². The van der Waals surface area contributed by atoms with Crippen molar-refractivity contribution in [2.75, 3.05) is 13.1 Å². The van der Waals surface area contributed by atoms with Gasteiger partial charge in [-0.1, -0.05) is 13.8 Å². The van der Waals surface area contributed by atoms with Crippen LogP contribution in [0.2, 0.25) is 0 Å². The summed E-state index contributed by atoms with van der Waals surface area (Å²) in [5.41, 5.74) is 5.74. The van der Waals surface area contributed by atoms with Crippen LogP contribution in [-0.2, 0) is 9.53 Å². The van der Waals surface area contributed by atoms with Crippen molar-refractivity contribution in [1.82, 2.24) is 10.6 Å². The third-order valence-electron chi connectivity index (χ3n) is 4.26. The largest absolute Gasteiger partial charge is 0.361 e. The minimum atomic E-state index is -0.697. The standard InChI is InChI=1S/C15H29N3O3/c1-5-17-13(20)18-12(19)11(2)21-15(10-16)8-6-14(3,4)7-9-15/h11H,5-10,16H2,1-4H3,(H2,17,18,19,20). The van der Waals surface area contributed by atoms with E-state index in [9.17, 15) is 9.59 Å². The number of hydrogen-bond acceptors (Lipinski definition) is 4. The number of nitrogens with one attached hydrogen (secondary N) is 2. The first-order valence-electron chi connectivity index (χ1n) is 7.70. The van der Waals surface area contributed by atoms with Crippen molar-refractivity contribution in [3.63, 3.8) is 0 Å². The van der Waals surface area contributed by atoms with E-state index in [1.54, 1.807) is 13.8 Å². The molecule has 1 atom stereocenters. The predicted molar refractivity (Wildman–Crippen MR) is 81.8 cm³/mol. The molecule has 1 aliphatic rings. The molecule has 4 N–H and O–H groups in total. The van der Waals surface area contributed by atoms with Crippen LogP contribution in [0.15, 0.2) is 0 Å². The Bertz CT molecular complexity index is 372. The summed E-state index contributed by atoms with van der Waals surface area (Å²) >= 11 is 0. The number of nitrogens with two attached hydrogens (primary N) is 1. The number of urea groups is 1. The number of carbonyl (C=O) groups excluding carboxylic acids is 2. The lowest BCUT2D eigenvalue weighted by Gasteiger charge is -2.43. The van der Waals surface area contributed by atoms with Crippen LogP contribution in [-0.4, -0.2) is 36.7 Å². The van der Waals surface area contributed by atoms with Gasteiger partial charge in [0.05, 0.1) is 5.60 Å². The minimum absolute atomic E-state index is 0.300. The molecule has 1 rings (SSSR count). The smallest absolute Gasteiger partial charge is 0.321 e. The fraction of sp³-hybridized carbons (Fsp3) is 0.867. The summed E-state index contributed by atoms with van der Waals surface area (Å²) in [7, 11) is 0. The minimum Gasteiger partial charge on any atom is -0.361 e. The topological polar surface area (TPSA) is 93.5 Å². The lowest BCUT2D eigenvalue weighted by Crippen LogP contribution is -2.51. The number of hydrogen-bond donors (Lipinski definition) is 3. The van der Waals surface area contributed by atoms with E-state index in [2.05, 4.69) is 24.5 Å². The van der Waals surface area contributed by atoms with Gasteiger partial charge in [0.25, 0.3) is 5.91 Å². The fourth-order valence-electron chi connectivity index (χ4n) is 2.60. The Morgan fingerprint density at radius 3 is 2.29 bits per heavy atom. The van der Waals surface area contributed by atoms with E-state index in [4.69, 9.17) is 10.5 Å². The molecule has 0 aliphatic heterocycles. The van der Waals surface area contributed by atoms with Crippen molar-refractivity contribution in [2.24, 2.45) is 11.1 Å². The molecule has 0 spiro atoms. The molecule has 1 aliphatic carbocycles. The zero-order valence-electron chi connectivity index (χ0n) is 13.6. The van der Waals surface area contributed by atoms with Crippen LogP contribution in [0.25, 0.3) is 0 Å². The molecule has 0 bridgehead atoms. The van der Waals surface area contributed by atoms with Crippen molar-refractivity contribution < 1.29 is 14.3 Å². The highest BCUT2D eigenvalue weighted by Crippen LogP contribution is 2.42. The van der Waals surface area contributed by atoms with E-state index in [0.717, 1.165) is 25.7 Å². The summed E-state index contributed by atoms with van der Waals surface area (Å²) in [5, 5.41) is 4.79. The second-order valence-corrected chi connectivity index (χ2v) is 6.66. The Labute approximate surface area is 127 Å². The lowest BCUT2D eigenvalue weighted by atomic mass is 9.71. The second-order valence-electron chi connectivity index (χ2n) is 6.66. The summed E-state index contributed by atoms with van der Waals surface area (Å²) in [6.45, 7) is 8.78. The van der Waals surface area contributed by atoms with Crippen LogP contribution >= 0.6 is 0 Å². The molecule has 1 unspecified atom stereocenters. The summed E-state index contributed by atoms with van der Waals surface area (Å²) < 4.78 is 5.95. The first-order chi connectivity index (χ1) is 9.73. The molecule has 0 saturated heterocycles. The van der Waals surface area contributed by atoms with Gasteiger partial charge in [-0.05, 0) is 44.9 Å². The predicted octanol–water partition coefficient (Wildman–Crippen LogP) is 1.53. The third kappa shape index (κ3) is 5.28. The Hall–Kier alpha value is -1.14. The van der Waals surface area contributed by atoms with Crippen molar-refractivity contribution in [3.8, 4) is 0 Å². The van der Waals surface area contributed by atoms with Gasteiger partial charge in [0.2, 0.25) is 0 Å². The lowest BCUT2D eigenvalue weighted by molar-refractivity contribution is -0.151. The monoisotopic (exact) mass is 299 g/mol. The molecule has 0 radical (unpaired) electrons. The van der Waals surface area contributed by atoms with E-state index in [0.29, 0.717) is 18.5 Å². The summed E-state index contributed by atoms with van der Waals surface area (Å²) in [4.78, 5) is 23.3. The van der Waals surface area contributed by atoms with Gasteiger partial charge >= 0.3 is 6.03 Å². The van der Waals surface area contributed by atoms with Crippen LogP contribution < -0.4 is 16.4 Å². The summed E-state index contributed by atoms with van der Waals surface area (Å²) in [5.74, 6) is -0.432. The van der Waals surface area contributed by atoms with Gasteiger partial charge in [-0.2, -0.15) is 0 Å². The maximum Gasteiger partial charge on any atom is 0.321 e. The molecular formula is C15H29N3O3. The SMILES string of the molecule is CCNC(=O)NC(=O)C(C)OC1(CN)CCC(C)(C)CC1. The van der Waals surface area contributed by atoms with Crippen LogP contribution in [0.5, 0.6) is 0 Å². The first kappa shape index (κ1) is 17.9. The molecule has 6 heteroatoms. The highest BCUT2D eigenvalue weighted by Gasteiger charge is 2.40. The molecule has 0 aromatic rings. The molecule has 6 nitrogen and oxygen atoms in total. The zero-order chi connectivity index (χ0) is 16.1. The Kier molecular flexibility index (Phi) is 6.16. The van der Waals surface area contributed by atoms with E-state index in [-0.39, 0.29) is 0 Å². The normalized spacial score (nSPS) is 21.4. The second kappa shape index (κ2) is 7.22. The van der Waals surface area contributed by atoms with Gasteiger partial charge in [0, 0.05) is 13.1 Å². The Morgan fingerprint density at radius 2 is 1.81 bits per heavy atom. The highest BCUT2D eigenvalue weighted by molar-refractivity contribution is 5.96. The van der Waals surface area contributed by atoms with Gasteiger partial charge in [-0.3, -0.25) is 10.1 Å². The van der Waals surface area contributed by atoms with Crippen molar-refractivity contribution in [1.29, 1.82) is 0 Å². The molecule has 0 heterocycles. The Morgan fingerprint density at radius 1 is 1.24 bits per heavy atom. The van der Waals surface area contributed by atoms with Crippen LogP contribution in [0, 0.1) is 5.41 Å². The van der Waals surface area contributed by atoms with E-state index in [1.165, 1.54) is 0 Å². The molecule has 21 heavy (non-hydrogen) atoms. The number of imide groups is 1.